The number of aromatic nitrogens is 2. The smallest absolute Gasteiger partial charge is 0.150 e. The van der Waals surface area contributed by atoms with Gasteiger partial charge in [0.05, 0.1) is 4.47 Å². The first-order chi connectivity index (χ1) is 8.83. The van der Waals surface area contributed by atoms with Gasteiger partial charge in [-0.15, -0.1) is 0 Å². The Morgan fingerprint density at radius 3 is 2.67 bits per heavy atom. The molecular formula is C14H16BrN3. The van der Waals surface area contributed by atoms with Crippen molar-refractivity contribution in [2.24, 2.45) is 0 Å². The van der Waals surface area contributed by atoms with Crippen molar-refractivity contribution in [2.75, 3.05) is 11.4 Å². The minimum absolute atomic E-state index is 0.921. The van der Waals surface area contributed by atoms with E-state index in [0.29, 0.717) is 0 Å². The highest BCUT2D eigenvalue weighted by atomic mass is 79.9. The van der Waals surface area contributed by atoms with Crippen LogP contribution in [0.1, 0.15) is 19.8 Å². The van der Waals surface area contributed by atoms with E-state index in [1.807, 2.05) is 18.2 Å². The van der Waals surface area contributed by atoms with Crippen molar-refractivity contribution in [3.05, 3.63) is 47.3 Å². The molecule has 1 aromatic heterocycles. The Balaban J connectivity index is 2.34. The van der Waals surface area contributed by atoms with E-state index in [1.54, 1.807) is 12.5 Å². The fourth-order valence-electron chi connectivity index (χ4n) is 1.79. The predicted octanol–water partition coefficient (Wildman–Crippen LogP) is 4.18. The van der Waals surface area contributed by atoms with E-state index >= 15 is 0 Å². The number of hydrogen-bond donors (Lipinski definition) is 0. The molecule has 0 atom stereocenters. The lowest BCUT2D eigenvalue weighted by molar-refractivity contribution is 0.777. The molecule has 0 bridgehead atoms. The Kier molecular flexibility index (Phi) is 4.70. The molecule has 0 N–H and O–H groups in total. The van der Waals surface area contributed by atoms with Gasteiger partial charge < -0.3 is 4.90 Å². The standard InChI is InChI=1S/C14H16BrN3/c1-2-3-9-18(12-7-5-4-6-8-12)14-13(15)10-16-11-17-14/h4-8,10-11H,2-3,9H2,1H3. The van der Waals surface area contributed by atoms with Gasteiger partial charge in [0.25, 0.3) is 0 Å². The summed E-state index contributed by atoms with van der Waals surface area (Å²) in [7, 11) is 0. The zero-order chi connectivity index (χ0) is 12.8. The van der Waals surface area contributed by atoms with E-state index in [0.717, 1.165) is 35.4 Å². The molecule has 3 nitrogen and oxygen atoms in total. The average Bonchev–Trinajstić information content (AvgIpc) is 2.42. The number of anilines is 2. The lowest BCUT2D eigenvalue weighted by atomic mass is 10.2. The van der Waals surface area contributed by atoms with Gasteiger partial charge in [-0.05, 0) is 34.5 Å². The second kappa shape index (κ2) is 6.50. The summed E-state index contributed by atoms with van der Waals surface area (Å²) < 4.78 is 0.921. The first-order valence-corrected chi connectivity index (χ1v) is 6.90. The molecule has 0 radical (unpaired) electrons. The minimum atomic E-state index is 0.921. The number of benzene rings is 1. The van der Waals surface area contributed by atoms with Gasteiger partial charge >= 0.3 is 0 Å². The first kappa shape index (κ1) is 13.0. The van der Waals surface area contributed by atoms with Crippen LogP contribution in [0.15, 0.2) is 47.3 Å². The van der Waals surface area contributed by atoms with Crippen molar-refractivity contribution in [3.63, 3.8) is 0 Å². The zero-order valence-electron chi connectivity index (χ0n) is 10.4. The topological polar surface area (TPSA) is 29.0 Å². The zero-order valence-corrected chi connectivity index (χ0v) is 12.0. The molecule has 0 fully saturated rings. The molecule has 2 aromatic rings. The summed E-state index contributed by atoms with van der Waals surface area (Å²) in [6.07, 6.45) is 5.66. The molecule has 0 aliphatic carbocycles. The molecule has 0 saturated heterocycles. The summed E-state index contributed by atoms with van der Waals surface area (Å²) in [4.78, 5) is 10.6. The fourth-order valence-corrected chi connectivity index (χ4v) is 2.22. The minimum Gasteiger partial charge on any atom is -0.325 e. The number of unbranched alkanes of at least 4 members (excludes halogenated alkanes) is 1. The molecule has 1 aromatic carbocycles. The van der Waals surface area contributed by atoms with Gasteiger partial charge in [-0.25, -0.2) is 9.97 Å². The Morgan fingerprint density at radius 2 is 2.00 bits per heavy atom. The van der Waals surface area contributed by atoms with Crippen LogP contribution in [0.4, 0.5) is 11.5 Å². The summed E-state index contributed by atoms with van der Waals surface area (Å²) in [5.41, 5.74) is 1.16. The highest BCUT2D eigenvalue weighted by Gasteiger charge is 2.12. The second-order valence-electron chi connectivity index (χ2n) is 4.04. The quantitative estimate of drug-likeness (QED) is 0.830. The summed E-state index contributed by atoms with van der Waals surface area (Å²) in [5, 5.41) is 0. The molecule has 4 heteroatoms. The molecule has 0 aliphatic rings. The second-order valence-corrected chi connectivity index (χ2v) is 4.89. The number of hydrogen-bond acceptors (Lipinski definition) is 3. The van der Waals surface area contributed by atoms with Gasteiger partial charge in [-0.2, -0.15) is 0 Å². The third-order valence-electron chi connectivity index (χ3n) is 2.71. The lowest BCUT2D eigenvalue weighted by Gasteiger charge is -2.24. The third-order valence-corrected chi connectivity index (χ3v) is 3.27. The maximum Gasteiger partial charge on any atom is 0.150 e. The SMILES string of the molecule is CCCCN(c1ccccc1)c1ncncc1Br. The number of halogens is 1. The fraction of sp³-hybridized carbons (Fsp3) is 0.286. The third kappa shape index (κ3) is 3.07. The molecule has 1 heterocycles. The normalized spacial score (nSPS) is 10.3. The van der Waals surface area contributed by atoms with Crippen LogP contribution in [-0.4, -0.2) is 16.5 Å². The largest absolute Gasteiger partial charge is 0.325 e. The Hall–Kier alpha value is -1.42. The molecule has 0 amide bonds. The van der Waals surface area contributed by atoms with Crippen molar-refractivity contribution in [1.82, 2.24) is 9.97 Å². The number of rotatable bonds is 5. The maximum absolute atomic E-state index is 4.38. The van der Waals surface area contributed by atoms with E-state index < -0.39 is 0 Å². The van der Waals surface area contributed by atoms with E-state index in [2.05, 4.69) is 49.9 Å². The predicted molar refractivity (Wildman–Crippen MR) is 78.1 cm³/mol. The van der Waals surface area contributed by atoms with Crippen LogP contribution in [0.3, 0.4) is 0 Å². The summed E-state index contributed by atoms with van der Waals surface area (Å²) in [6, 6.07) is 10.3. The van der Waals surface area contributed by atoms with Crippen LogP contribution in [0.2, 0.25) is 0 Å². The van der Waals surface area contributed by atoms with Crippen LogP contribution in [0, 0.1) is 0 Å². The molecule has 2 rings (SSSR count). The lowest BCUT2D eigenvalue weighted by Crippen LogP contribution is -2.20. The van der Waals surface area contributed by atoms with Gasteiger partial charge in [-0.3, -0.25) is 0 Å². The van der Waals surface area contributed by atoms with Crippen molar-refractivity contribution < 1.29 is 0 Å². The van der Waals surface area contributed by atoms with Crippen molar-refractivity contribution in [2.45, 2.75) is 19.8 Å². The maximum atomic E-state index is 4.38. The van der Waals surface area contributed by atoms with Gasteiger partial charge in [0.15, 0.2) is 5.82 Å². The average molecular weight is 306 g/mol. The first-order valence-electron chi connectivity index (χ1n) is 6.11. The van der Waals surface area contributed by atoms with E-state index in [4.69, 9.17) is 0 Å². The van der Waals surface area contributed by atoms with Crippen LogP contribution in [0.5, 0.6) is 0 Å². The monoisotopic (exact) mass is 305 g/mol. The molecule has 18 heavy (non-hydrogen) atoms. The van der Waals surface area contributed by atoms with Crippen LogP contribution >= 0.6 is 15.9 Å². The Morgan fingerprint density at radius 1 is 1.22 bits per heavy atom. The molecular weight excluding hydrogens is 290 g/mol. The molecule has 0 aliphatic heterocycles. The van der Waals surface area contributed by atoms with Gasteiger partial charge in [0, 0.05) is 18.4 Å². The van der Waals surface area contributed by atoms with Crippen LogP contribution in [0.25, 0.3) is 0 Å². The number of nitrogens with zero attached hydrogens (tertiary/aromatic N) is 3. The number of para-hydroxylation sites is 1. The highest BCUT2D eigenvalue weighted by Crippen LogP contribution is 2.29. The van der Waals surface area contributed by atoms with E-state index in [1.165, 1.54) is 0 Å². The summed E-state index contributed by atoms with van der Waals surface area (Å²) >= 11 is 3.52. The molecule has 0 spiro atoms. The summed E-state index contributed by atoms with van der Waals surface area (Å²) in [6.45, 7) is 3.15. The van der Waals surface area contributed by atoms with Gasteiger partial charge in [0.1, 0.15) is 6.33 Å². The van der Waals surface area contributed by atoms with Crippen molar-refractivity contribution in [1.29, 1.82) is 0 Å². The Bertz CT molecular complexity index is 487. The molecule has 94 valence electrons. The van der Waals surface area contributed by atoms with E-state index in [9.17, 15) is 0 Å². The molecule has 0 saturated carbocycles. The summed E-state index contributed by atoms with van der Waals surface area (Å²) in [5.74, 6) is 0.921. The Labute approximate surface area is 116 Å². The highest BCUT2D eigenvalue weighted by molar-refractivity contribution is 9.10. The van der Waals surface area contributed by atoms with E-state index in [-0.39, 0.29) is 0 Å². The van der Waals surface area contributed by atoms with Crippen molar-refractivity contribution >= 4 is 27.4 Å². The van der Waals surface area contributed by atoms with Gasteiger partial charge in [-0.1, -0.05) is 31.5 Å². The van der Waals surface area contributed by atoms with Crippen LogP contribution in [-0.2, 0) is 0 Å². The molecule has 0 unspecified atom stereocenters. The van der Waals surface area contributed by atoms with Gasteiger partial charge in [0.2, 0.25) is 0 Å². The van der Waals surface area contributed by atoms with Crippen molar-refractivity contribution in [3.8, 4) is 0 Å². The van der Waals surface area contributed by atoms with Crippen LogP contribution < -0.4 is 4.90 Å².